The van der Waals surface area contributed by atoms with Gasteiger partial charge in [-0.3, -0.25) is 0 Å². The third-order valence-corrected chi connectivity index (χ3v) is 6.07. The molecular formula is C17H32FN3. The molecule has 3 fully saturated rings. The molecule has 0 aromatic heterocycles. The number of likely N-dealkylation sites (tertiary alicyclic amines) is 2. The standard InChI is InChI=1S/C17H32FN3/c1-20-12-6-17(18,7-13-20)14-21-10-4-16(5-11-21)15-2-8-19-9-3-15/h15-16,19H,2-14H2,1H3. The van der Waals surface area contributed by atoms with Crippen molar-refractivity contribution < 1.29 is 4.39 Å². The molecule has 0 radical (unpaired) electrons. The summed E-state index contributed by atoms with van der Waals surface area (Å²) < 4.78 is 14.9. The fraction of sp³-hybridized carbons (Fsp3) is 1.00. The van der Waals surface area contributed by atoms with Crippen molar-refractivity contribution in [2.75, 3.05) is 52.9 Å². The van der Waals surface area contributed by atoms with Crippen LogP contribution in [0.3, 0.4) is 0 Å². The third-order valence-electron chi connectivity index (χ3n) is 6.07. The molecule has 0 aliphatic carbocycles. The predicted octanol–water partition coefficient (Wildman–Crippen LogP) is 2.13. The first kappa shape index (κ1) is 15.7. The van der Waals surface area contributed by atoms with E-state index in [-0.39, 0.29) is 0 Å². The van der Waals surface area contributed by atoms with E-state index in [0.29, 0.717) is 6.54 Å². The van der Waals surface area contributed by atoms with Gasteiger partial charge in [-0.05, 0) is 83.6 Å². The molecule has 0 aromatic carbocycles. The minimum atomic E-state index is -0.923. The number of halogens is 1. The quantitative estimate of drug-likeness (QED) is 0.861. The Balaban J connectivity index is 1.43. The molecule has 3 nitrogen and oxygen atoms in total. The molecule has 3 aliphatic heterocycles. The second kappa shape index (κ2) is 6.93. The first-order valence-corrected chi connectivity index (χ1v) is 8.95. The van der Waals surface area contributed by atoms with E-state index in [4.69, 9.17) is 0 Å². The highest BCUT2D eigenvalue weighted by molar-refractivity contribution is 4.90. The molecule has 0 spiro atoms. The Hall–Kier alpha value is -0.190. The zero-order valence-electron chi connectivity index (χ0n) is 13.6. The van der Waals surface area contributed by atoms with Gasteiger partial charge in [0.15, 0.2) is 0 Å². The maximum atomic E-state index is 14.9. The molecule has 4 heteroatoms. The number of nitrogens with zero attached hydrogens (tertiary/aromatic N) is 2. The van der Waals surface area contributed by atoms with Gasteiger partial charge in [-0.25, -0.2) is 4.39 Å². The lowest BCUT2D eigenvalue weighted by atomic mass is 9.79. The Labute approximate surface area is 129 Å². The largest absolute Gasteiger partial charge is 0.317 e. The van der Waals surface area contributed by atoms with E-state index < -0.39 is 5.67 Å². The number of nitrogens with one attached hydrogen (secondary N) is 1. The highest BCUT2D eigenvalue weighted by Crippen LogP contribution is 2.33. The Kier molecular flexibility index (Phi) is 5.18. The maximum Gasteiger partial charge on any atom is 0.126 e. The van der Waals surface area contributed by atoms with Gasteiger partial charge in [-0.15, -0.1) is 0 Å². The molecule has 3 heterocycles. The van der Waals surface area contributed by atoms with Crippen LogP contribution in [0.25, 0.3) is 0 Å². The van der Waals surface area contributed by atoms with Gasteiger partial charge in [0, 0.05) is 19.6 Å². The number of hydrogen-bond donors (Lipinski definition) is 1. The summed E-state index contributed by atoms with van der Waals surface area (Å²) in [6, 6.07) is 0. The molecular weight excluding hydrogens is 265 g/mol. The summed E-state index contributed by atoms with van der Waals surface area (Å²) in [5, 5.41) is 3.46. The van der Waals surface area contributed by atoms with E-state index in [0.717, 1.165) is 50.9 Å². The summed E-state index contributed by atoms with van der Waals surface area (Å²) in [7, 11) is 2.10. The molecule has 0 amide bonds. The Morgan fingerprint density at radius 1 is 0.952 bits per heavy atom. The van der Waals surface area contributed by atoms with E-state index in [9.17, 15) is 4.39 Å². The van der Waals surface area contributed by atoms with Gasteiger partial charge in [-0.1, -0.05) is 0 Å². The molecule has 3 aliphatic rings. The highest BCUT2D eigenvalue weighted by atomic mass is 19.1. The Bertz CT molecular complexity index is 314. The summed E-state index contributed by atoms with van der Waals surface area (Å²) in [5.74, 6) is 1.83. The lowest BCUT2D eigenvalue weighted by molar-refractivity contribution is 0.0160. The number of hydrogen-bond acceptors (Lipinski definition) is 3. The molecule has 3 saturated heterocycles. The predicted molar refractivity (Wildman–Crippen MR) is 85.3 cm³/mol. The van der Waals surface area contributed by atoms with Crippen molar-refractivity contribution in [2.45, 2.75) is 44.2 Å². The lowest BCUT2D eigenvalue weighted by Gasteiger charge is -2.42. The lowest BCUT2D eigenvalue weighted by Crippen LogP contribution is -2.49. The van der Waals surface area contributed by atoms with Crippen LogP contribution in [0.5, 0.6) is 0 Å². The highest BCUT2D eigenvalue weighted by Gasteiger charge is 2.37. The molecule has 0 saturated carbocycles. The average molecular weight is 297 g/mol. The van der Waals surface area contributed by atoms with Crippen molar-refractivity contribution in [3.63, 3.8) is 0 Å². The summed E-state index contributed by atoms with van der Waals surface area (Å²) in [6.45, 7) is 7.16. The zero-order valence-corrected chi connectivity index (χ0v) is 13.6. The van der Waals surface area contributed by atoms with E-state index >= 15 is 0 Å². The van der Waals surface area contributed by atoms with Crippen LogP contribution in [-0.4, -0.2) is 68.3 Å². The topological polar surface area (TPSA) is 18.5 Å². The summed E-state index contributed by atoms with van der Waals surface area (Å²) in [5.41, 5.74) is -0.923. The van der Waals surface area contributed by atoms with Crippen molar-refractivity contribution in [2.24, 2.45) is 11.8 Å². The Morgan fingerprint density at radius 3 is 2.14 bits per heavy atom. The molecule has 122 valence electrons. The van der Waals surface area contributed by atoms with Gasteiger partial charge < -0.3 is 15.1 Å². The fourth-order valence-corrected chi connectivity index (χ4v) is 4.48. The molecule has 1 N–H and O–H groups in total. The summed E-state index contributed by atoms with van der Waals surface area (Å²) in [4.78, 5) is 4.66. The zero-order chi connectivity index (χ0) is 14.7. The number of rotatable bonds is 3. The van der Waals surface area contributed by atoms with Crippen molar-refractivity contribution in [1.82, 2.24) is 15.1 Å². The first-order valence-electron chi connectivity index (χ1n) is 8.95. The molecule has 0 unspecified atom stereocenters. The van der Waals surface area contributed by atoms with Crippen molar-refractivity contribution in [3.05, 3.63) is 0 Å². The summed E-state index contributed by atoms with van der Waals surface area (Å²) >= 11 is 0. The van der Waals surface area contributed by atoms with Crippen LogP contribution < -0.4 is 5.32 Å². The monoisotopic (exact) mass is 297 g/mol. The van der Waals surface area contributed by atoms with Gasteiger partial charge >= 0.3 is 0 Å². The van der Waals surface area contributed by atoms with E-state index in [2.05, 4.69) is 22.2 Å². The second-order valence-electron chi connectivity index (χ2n) is 7.66. The van der Waals surface area contributed by atoms with E-state index in [1.165, 1.54) is 38.8 Å². The van der Waals surface area contributed by atoms with Crippen molar-refractivity contribution in [3.8, 4) is 0 Å². The van der Waals surface area contributed by atoms with Gasteiger partial charge in [-0.2, -0.15) is 0 Å². The summed E-state index contributed by atoms with van der Waals surface area (Å²) in [6.07, 6.45) is 6.73. The van der Waals surface area contributed by atoms with Crippen LogP contribution in [-0.2, 0) is 0 Å². The van der Waals surface area contributed by atoms with Gasteiger partial charge in [0.2, 0.25) is 0 Å². The van der Waals surface area contributed by atoms with E-state index in [1.807, 2.05) is 0 Å². The van der Waals surface area contributed by atoms with Crippen molar-refractivity contribution in [1.29, 1.82) is 0 Å². The molecule has 0 atom stereocenters. The number of piperidine rings is 3. The third kappa shape index (κ3) is 4.17. The SMILES string of the molecule is CN1CCC(F)(CN2CCC(C3CCNCC3)CC2)CC1. The van der Waals surface area contributed by atoms with Gasteiger partial charge in [0.25, 0.3) is 0 Å². The number of alkyl halides is 1. The van der Waals surface area contributed by atoms with Crippen molar-refractivity contribution >= 4 is 0 Å². The molecule has 0 bridgehead atoms. The van der Waals surface area contributed by atoms with Gasteiger partial charge in [0.05, 0.1) is 0 Å². The Morgan fingerprint density at radius 2 is 1.52 bits per heavy atom. The average Bonchev–Trinajstić information content (AvgIpc) is 2.52. The smallest absolute Gasteiger partial charge is 0.126 e. The van der Waals surface area contributed by atoms with Crippen LogP contribution >= 0.6 is 0 Å². The van der Waals surface area contributed by atoms with Crippen LogP contribution in [0.2, 0.25) is 0 Å². The minimum absolute atomic E-state index is 0.680. The molecule has 21 heavy (non-hydrogen) atoms. The van der Waals surface area contributed by atoms with Crippen LogP contribution in [0.4, 0.5) is 4.39 Å². The molecule has 3 rings (SSSR count). The first-order chi connectivity index (χ1) is 10.1. The second-order valence-corrected chi connectivity index (χ2v) is 7.66. The van der Waals surface area contributed by atoms with Crippen LogP contribution in [0.1, 0.15) is 38.5 Å². The normalized spacial score (nSPS) is 30.6. The van der Waals surface area contributed by atoms with Crippen LogP contribution in [0, 0.1) is 11.8 Å². The minimum Gasteiger partial charge on any atom is -0.317 e. The fourth-order valence-electron chi connectivity index (χ4n) is 4.48. The van der Waals surface area contributed by atoms with Crippen LogP contribution in [0.15, 0.2) is 0 Å². The van der Waals surface area contributed by atoms with E-state index in [1.54, 1.807) is 0 Å². The van der Waals surface area contributed by atoms with Gasteiger partial charge in [0.1, 0.15) is 5.67 Å². The molecule has 0 aromatic rings. The maximum absolute atomic E-state index is 14.9.